The monoisotopic (exact) mass is 355 g/mol. The van der Waals surface area contributed by atoms with E-state index in [1.807, 2.05) is 62.4 Å². The quantitative estimate of drug-likeness (QED) is 0.701. The van der Waals surface area contributed by atoms with Crippen molar-refractivity contribution in [2.45, 2.75) is 33.8 Å². The van der Waals surface area contributed by atoms with Crippen molar-refractivity contribution < 1.29 is 9.53 Å². The summed E-state index contributed by atoms with van der Waals surface area (Å²) in [5.41, 5.74) is 2.76. The van der Waals surface area contributed by atoms with E-state index >= 15 is 0 Å². The number of rotatable bonds is 9. The van der Waals surface area contributed by atoms with Crippen LogP contribution in [0.25, 0.3) is 0 Å². The molecular weight excluding hydrogens is 326 g/mol. The van der Waals surface area contributed by atoms with Crippen molar-refractivity contribution in [3.63, 3.8) is 0 Å². The summed E-state index contributed by atoms with van der Waals surface area (Å²) in [5.74, 6) is 0.652. The van der Waals surface area contributed by atoms with E-state index in [1.165, 1.54) is 0 Å². The van der Waals surface area contributed by atoms with Gasteiger partial charge in [-0.15, -0.1) is 0 Å². The Morgan fingerprint density at radius 3 is 2.31 bits per heavy atom. The summed E-state index contributed by atoms with van der Waals surface area (Å²) in [5, 5.41) is 6.06. The van der Waals surface area contributed by atoms with Crippen LogP contribution >= 0.6 is 0 Å². The molecule has 26 heavy (non-hydrogen) atoms. The second-order valence-electron chi connectivity index (χ2n) is 6.28. The molecule has 2 aromatic carbocycles. The highest BCUT2D eigenvalue weighted by Crippen LogP contribution is 2.24. The van der Waals surface area contributed by atoms with Gasteiger partial charge in [0.1, 0.15) is 5.75 Å². The highest BCUT2D eigenvalue weighted by Gasteiger charge is 2.08. The van der Waals surface area contributed by atoms with Crippen molar-refractivity contribution in [1.29, 1.82) is 0 Å². The Balaban J connectivity index is 1.91. The lowest BCUT2D eigenvalue weighted by Gasteiger charge is -2.21. The first-order valence-electron chi connectivity index (χ1n) is 9.17. The van der Waals surface area contributed by atoms with Crippen LogP contribution in [-0.4, -0.2) is 31.6 Å². The highest BCUT2D eigenvalue weighted by atomic mass is 16.5. The molecule has 0 saturated heterocycles. The number of nitrogens with zero attached hydrogens (tertiary/aromatic N) is 1. The zero-order valence-electron chi connectivity index (χ0n) is 16.1. The largest absolute Gasteiger partial charge is 0.489 e. The first-order chi connectivity index (χ1) is 12.5. The summed E-state index contributed by atoms with van der Waals surface area (Å²) in [4.78, 5) is 14.5. The molecule has 0 aliphatic heterocycles. The number of anilines is 3. The van der Waals surface area contributed by atoms with Crippen LogP contribution in [0.2, 0.25) is 0 Å². The number of carbonyl (C=O) groups excluding carboxylic acids is 1. The van der Waals surface area contributed by atoms with E-state index in [4.69, 9.17) is 4.74 Å². The molecule has 0 bridgehead atoms. The van der Waals surface area contributed by atoms with Gasteiger partial charge in [-0.1, -0.05) is 12.1 Å². The minimum Gasteiger partial charge on any atom is -0.489 e. The maximum Gasteiger partial charge on any atom is 0.243 e. The van der Waals surface area contributed by atoms with Gasteiger partial charge in [0, 0.05) is 24.5 Å². The Labute approximate surface area is 156 Å². The molecule has 0 atom stereocenters. The molecule has 0 unspecified atom stereocenters. The molecular formula is C21H29N3O2. The molecule has 2 N–H and O–H groups in total. The third kappa shape index (κ3) is 5.69. The fourth-order valence-electron chi connectivity index (χ4n) is 2.69. The van der Waals surface area contributed by atoms with Gasteiger partial charge < -0.3 is 20.3 Å². The smallest absolute Gasteiger partial charge is 0.243 e. The molecule has 0 heterocycles. The maximum atomic E-state index is 12.2. The molecule has 140 valence electrons. The zero-order chi connectivity index (χ0) is 18.9. The molecule has 5 nitrogen and oxygen atoms in total. The van der Waals surface area contributed by atoms with Crippen LogP contribution < -0.4 is 20.3 Å². The van der Waals surface area contributed by atoms with Crippen molar-refractivity contribution in [3.8, 4) is 5.75 Å². The summed E-state index contributed by atoms with van der Waals surface area (Å²) in [6.45, 7) is 10.3. The number of para-hydroxylation sites is 2. The number of benzene rings is 2. The van der Waals surface area contributed by atoms with Gasteiger partial charge in [0.05, 0.1) is 18.3 Å². The van der Waals surface area contributed by atoms with E-state index in [1.54, 1.807) is 0 Å². The van der Waals surface area contributed by atoms with Crippen LogP contribution in [0.15, 0.2) is 48.5 Å². The number of nitrogens with one attached hydrogen (secondary N) is 2. The molecule has 0 fully saturated rings. The average Bonchev–Trinajstić information content (AvgIpc) is 2.63. The molecule has 0 spiro atoms. The molecule has 5 heteroatoms. The number of hydrogen-bond acceptors (Lipinski definition) is 4. The van der Waals surface area contributed by atoms with Gasteiger partial charge in [0.25, 0.3) is 0 Å². The van der Waals surface area contributed by atoms with Gasteiger partial charge >= 0.3 is 0 Å². The molecule has 1 amide bonds. The molecule has 2 aromatic rings. The van der Waals surface area contributed by atoms with E-state index in [0.29, 0.717) is 0 Å². The fraction of sp³-hybridized carbons (Fsp3) is 0.381. The summed E-state index contributed by atoms with van der Waals surface area (Å²) in [6, 6.07) is 15.6. The van der Waals surface area contributed by atoms with Crippen molar-refractivity contribution in [1.82, 2.24) is 0 Å². The maximum absolute atomic E-state index is 12.2. The predicted molar refractivity (Wildman–Crippen MR) is 109 cm³/mol. The van der Waals surface area contributed by atoms with Gasteiger partial charge in [-0.2, -0.15) is 0 Å². The summed E-state index contributed by atoms with van der Waals surface area (Å²) < 4.78 is 5.75. The SMILES string of the molecule is CCN(CC)c1ccc(NC(=O)CNc2ccccc2OC(C)C)cc1. The van der Waals surface area contributed by atoms with Gasteiger partial charge in [-0.3, -0.25) is 4.79 Å². The van der Waals surface area contributed by atoms with Crippen LogP contribution in [0, 0.1) is 0 Å². The lowest BCUT2D eigenvalue weighted by Crippen LogP contribution is -2.23. The Hall–Kier alpha value is -2.69. The Morgan fingerprint density at radius 2 is 1.69 bits per heavy atom. The minimum absolute atomic E-state index is 0.0797. The minimum atomic E-state index is -0.0973. The van der Waals surface area contributed by atoms with E-state index in [9.17, 15) is 4.79 Å². The highest BCUT2D eigenvalue weighted by molar-refractivity contribution is 5.94. The lowest BCUT2D eigenvalue weighted by molar-refractivity contribution is -0.114. The Bertz CT molecular complexity index is 695. The first-order valence-corrected chi connectivity index (χ1v) is 9.17. The average molecular weight is 355 g/mol. The van der Waals surface area contributed by atoms with E-state index in [2.05, 4.69) is 29.4 Å². The second kappa shape index (κ2) is 9.70. The summed E-state index contributed by atoms with van der Waals surface area (Å²) >= 11 is 0. The molecule has 0 saturated carbocycles. The van der Waals surface area contributed by atoms with Gasteiger partial charge in [-0.25, -0.2) is 0 Å². The predicted octanol–water partition coefficient (Wildman–Crippen LogP) is 4.37. The third-order valence-electron chi connectivity index (χ3n) is 3.97. The first kappa shape index (κ1) is 19.6. The molecule has 0 aliphatic rings. The van der Waals surface area contributed by atoms with Crippen molar-refractivity contribution in [2.75, 3.05) is 35.2 Å². The fourth-order valence-corrected chi connectivity index (χ4v) is 2.69. The van der Waals surface area contributed by atoms with Crippen LogP contribution in [-0.2, 0) is 4.79 Å². The second-order valence-corrected chi connectivity index (χ2v) is 6.28. The number of carbonyl (C=O) groups is 1. The van der Waals surface area contributed by atoms with Crippen molar-refractivity contribution in [2.24, 2.45) is 0 Å². The Kier molecular flexibility index (Phi) is 7.33. The van der Waals surface area contributed by atoms with Crippen LogP contribution in [0.5, 0.6) is 5.75 Å². The number of ether oxygens (including phenoxy) is 1. The summed E-state index contributed by atoms with van der Waals surface area (Å²) in [6.07, 6.45) is 0.0797. The summed E-state index contributed by atoms with van der Waals surface area (Å²) in [7, 11) is 0. The molecule has 0 radical (unpaired) electrons. The Morgan fingerprint density at radius 1 is 1.04 bits per heavy atom. The van der Waals surface area contributed by atoms with Crippen molar-refractivity contribution >= 4 is 23.0 Å². The van der Waals surface area contributed by atoms with E-state index in [-0.39, 0.29) is 18.6 Å². The molecule has 0 aromatic heterocycles. The van der Waals surface area contributed by atoms with Gasteiger partial charge in [-0.05, 0) is 64.1 Å². The van der Waals surface area contributed by atoms with E-state index < -0.39 is 0 Å². The standard InChI is InChI=1S/C21H29N3O2/c1-5-24(6-2)18-13-11-17(12-14-18)23-21(25)15-22-19-9-7-8-10-20(19)26-16(3)4/h7-14,16,22H,5-6,15H2,1-4H3,(H,23,25). The van der Waals surface area contributed by atoms with Crippen LogP contribution in [0.4, 0.5) is 17.1 Å². The lowest BCUT2D eigenvalue weighted by atomic mass is 10.2. The van der Waals surface area contributed by atoms with E-state index in [0.717, 1.165) is 35.9 Å². The normalized spacial score (nSPS) is 10.5. The molecule has 0 aliphatic carbocycles. The van der Waals surface area contributed by atoms with Crippen LogP contribution in [0.1, 0.15) is 27.7 Å². The topological polar surface area (TPSA) is 53.6 Å². The number of hydrogen-bond donors (Lipinski definition) is 2. The third-order valence-corrected chi connectivity index (χ3v) is 3.97. The van der Waals surface area contributed by atoms with Crippen LogP contribution in [0.3, 0.4) is 0 Å². The van der Waals surface area contributed by atoms with Crippen molar-refractivity contribution in [3.05, 3.63) is 48.5 Å². The van der Waals surface area contributed by atoms with Gasteiger partial charge in [0.15, 0.2) is 0 Å². The van der Waals surface area contributed by atoms with Gasteiger partial charge in [0.2, 0.25) is 5.91 Å². The number of amides is 1. The zero-order valence-corrected chi connectivity index (χ0v) is 16.1. The molecule has 2 rings (SSSR count).